The molecule has 0 aliphatic rings. The van der Waals surface area contributed by atoms with Crippen molar-refractivity contribution in [1.82, 2.24) is 5.32 Å². The molecule has 6 heteroatoms. The molecule has 3 amide bonds. The molecule has 18 heavy (non-hydrogen) atoms. The summed E-state index contributed by atoms with van der Waals surface area (Å²) in [6.07, 6.45) is 0.987. The van der Waals surface area contributed by atoms with E-state index in [2.05, 4.69) is 16.0 Å². The number of urea groups is 1. The minimum absolute atomic E-state index is 0.0981. The van der Waals surface area contributed by atoms with Crippen molar-refractivity contribution in [2.24, 2.45) is 5.73 Å². The Kier molecular flexibility index (Phi) is 5.66. The highest BCUT2D eigenvalue weighted by molar-refractivity contribution is 5.93. The number of amides is 3. The fourth-order valence-electron chi connectivity index (χ4n) is 1.36. The molecule has 0 unspecified atom stereocenters. The number of carbonyl (C=O) groups is 2. The average molecular weight is 250 g/mol. The number of hydrogen-bond donors (Lipinski definition) is 4. The van der Waals surface area contributed by atoms with Crippen LogP contribution in [0.4, 0.5) is 16.2 Å². The summed E-state index contributed by atoms with van der Waals surface area (Å²) in [5.74, 6) is -0.0981. The number of anilines is 2. The Hall–Kier alpha value is -2.08. The maximum absolute atomic E-state index is 11.5. The Morgan fingerprint density at radius 2 is 1.67 bits per heavy atom. The molecule has 1 aromatic rings. The molecule has 0 saturated carbocycles. The van der Waals surface area contributed by atoms with Gasteiger partial charge in [-0.1, -0.05) is 6.92 Å². The van der Waals surface area contributed by atoms with E-state index < -0.39 is 6.03 Å². The smallest absolute Gasteiger partial charge is 0.316 e. The third-order valence-electron chi connectivity index (χ3n) is 2.15. The Morgan fingerprint density at radius 3 is 2.17 bits per heavy atom. The second kappa shape index (κ2) is 7.29. The maximum atomic E-state index is 11.5. The van der Waals surface area contributed by atoms with Crippen molar-refractivity contribution >= 4 is 23.3 Å². The number of carbonyl (C=O) groups excluding carboxylic acids is 2. The zero-order valence-electron chi connectivity index (χ0n) is 10.3. The summed E-state index contributed by atoms with van der Waals surface area (Å²) < 4.78 is 0. The van der Waals surface area contributed by atoms with Crippen molar-refractivity contribution in [3.05, 3.63) is 24.3 Å². The van der Waals surface area contributed by atoms with Crippen molar-refractivity contribution in [2.75, 3.05) is 23.7 Å². The van der Waals surface area contributed by atoms with Crippen LogP contribution in [0.2, 0.25) is 0 Å². The van der Waals surface area contributed by atoms with Gasteiger partial charge >= 0.3 is 6.03 Å². The molecule has 1 aromatic carbocycles. The highest BCUT2D eigenvalue weighted by Gasteiger charge is 2.01. The first-order chi connectivity index (χ1) is 8.61. The van der Waals surface area contributed by atoms with Gasteiger partial charge in [-0.05, 0) is 37.2 Å². The zero-order chi connectivity index (χ0) is 13.4. The number of nitrogens with two attached hydrogens (primary N) is 1. The van der Waals surface area contributed by atoms with Crippen molar-refractivity contribution in [2.45, 2.75) is 13.3 Å². The van der Waals surface area contributed by atoms with E-state index in [1.54, 1.807) is 24.3 Å². The molecule has 0 bridgehead atoms. The topological polar surface area (TPSA) is 96.2 Å². The van der Waals surface area contributed by atoms with Gasteiger partial charge < -0.3 is 21.7 Å². The predicted molar refractivity (Wildman–Crippen MR) is 71.4 cm³/mol. The molecule has 0 radical (unpaired) electrons. The zero-order valence-corrected chi connectivity index (χ0v) is 10.3. The first-order valence-electron chi connectivity index (χ1n) is 5.79. The summed E-state index contributed by atoms with van der Waals surface area (Å²) >= 11 is 0. The lowest BCUT2D eigenvalue weighted by molar-refractivity contribution is -0.115. The molecule has 0 atom stereocenters. The molecular weight excluding hydrogens is 232 g/mol. The molecular formula is C12H18N4O2. The Balaban J connectivity index is 2.43. The van der Waals surface area contributed by atoms with E-state index in [-0.39, 0.29) is 12.5 Å². The van der Waals surface area contributed by atoms with Crippen molar-refractivity contribution in [3.63, 3.8) is 0 Å². The van der Waals surface area contributed by atoms with Gasteiger partial charge in [0, 0.05) is 11.4 Å². The fraction of sp³-hybridized carbons (Fsp3) is 0.333. The lowest BCUT2D eigenvalue weighted by Crippen LogP contribution is -2.28. The van der Waals surface area contributed by atoms with Gasteiger partial charge in [-0.3, -0.25) is 4.79 Å². The summed E-state index contributed by atoms with van der Waals surface area (Å²) in [4.78, 5) is 22.1. The Bertz CT molecular complexity index is 403. The standard InChI is InChI=1S/C12H18N4O2/c1-2-7-14-8-11(17)15-9-3-5-10(6-4-9)16-12(13)18/h3-6,14H,2,7-8H2,1H3,(H,15,17)(H3,13,16,18). The van der Waals surface area contributed by atoms with Crippen LogP contribution in [0.15, 0.2) is 24.3 Å². The predicted octanol–water partition coefficient (Wildman–Crippen LogP) is 1.12. The maximum Gasteiger partial charge on any atom is 0.316 e. The van der Waals surface area contributed by atoms with E-state index in [1.807, 2.05) is 6.92 Å². The minimum atomic E-state index is -0.615. The number of hydrogen-bond acceptors (Lipinski definition) is 3. The van der Waals surface area contributed by atoms with Gasteiger partial charge in [0.1, 0.15) is 0 Å². The number of rotatable bonds is 6. The van der Waals surface area contributed by atoms with Crippen LogP contribution in [0.25, 0.3) is 0 Å². The first-order valence-corrected chi connectivity index (χ1v) is 5.79. The third kappa shape index (κ3) is 5.31. The van der Waals surface area contributed by atoms with E-state index in [9.17, 15) is 9.59 Å². The lowest BCUT2D eigenvalue weighted by Gasteiger charge is -2.07. The summed E-state index contributed by atoms with van der Waals surface area (Å²) in [5.41, 5.74) is 6.25. The second-order valence-electron chi connectivity index (χ2n) is 3.79. The number of nitrogens with one attached hydrogen (secondary N) is 3. The average Bonchev–Trinajstić information content (AvgIpc) is 2.31. The first kappa shape index (κ1) is 14.0. The van der Waals surface area contributed by atoms with Gasteiger partial charge in [-0.2, -0.15) is 0 Å². The van der Waals surface area contributed by atoms with Crippen LogP contribution >= 0.6 is 0 Å². The quantitative estimate of drug-likeness (QED) is 0.569. The van der Waals surface area contributed by atoms with Crippen molar-refractivity contribution in [3.8, 4) is 0 Å². The molecule has 6 nitrogen and oxygen atoms in total. The Labute approximate surface area is 106 Å². The van der Waals surface area contributed by atoms with Crippen molar-refractivity contribution in [1.29, 1.82) is 0 Å². The highest BCUT2D eigenvalue weighted by atomic mass is 16.2. The van der Waals surface area contributed by atoms with Crippen LogP contribution in [0.1, 0.15) is 13.3 Å². The molecule has 0 spiro atoms. The molecule has 98 valence electrons. The van der Waals surface area contributed by atoms with Crippen LogP contribution in [0, 0.1) is 0 Å². The van der Waals surface area contributed by atoms with E-state index in [1.165, 1.54) is 0 Å². The van der Waals surface area contributed by atoms with Crippen molar-refractivity contribution < 1.29 is 9.59 Å². The van der Waals surface area contributed by atoms with Crippen LogP contribution in [-0.4, -0.2) is 25.0 Å². The number of primary amides is 1. The molecule has 0 aliphatic carbocycles. The van der Waals surface area contributed by atoms with Crippen LogP contribution < -0.4 is 21.7 Å². The van der Waals surface area contributed by atoms with Crippen LogP contribution in [-0.2, 0) is 4.79 Å². The summed E-state index contributed by atoms with van der Waals surface area (Å²) in [6, 6.07) is 6.11. The largest absolute Gasteiger partial charge is 0.351 e. The molecule has 0 fully saturated rings. The highest BCUT2D eigenvalue weighted by Crippen LogP contribution is 2.12. The summed E-state index contributed by atoms with van der Waals surface area (Å²) in [5, 5.41) is 8.18. The fourth-order valence-corrected chi connectivity index (χ4v) is 1.36. The summed E-state index contributed by atoms with van der Waals surface area (Å²) in [7, 11) is 0. The van der Waals surface area contributed by atoms with E-state index >= 15 is 0 Å². The SMILES string of the molecule is CCCNCC(=O)Nc1ccc(NC(N)=O)cc1. The molecule has 0 aromatic heterocycles. The molecule has 0 heterocycles. The molecule has 0 aliphatic heterocycles. The number of benzene rings is 1. The van der Waals surface area contributed by atoms with E-state index in [4.69, 9.17) is 5.73 Å². The molecule has 5 N–H and O–H groups in total. The second-order valence-corrected chi connectivity index (χ2v) is 3.79. The third-order valence-corrected chi connectivity index (χ3v) is 2.15. The van der Waals surface area contributed by atoms with E-state index in [0.717, 1.165) is 13.0 Å². The van der Waals surface area contributed by atoms with Gasteiger partial charge in [0.05, 0.1) is 6.54 Å². The monoisotopic (exact) mass is 250 g/mol. The summed E-state index contributed by atoms with van der Waals surface area (Å²) in [6.45, 7) is 3.14. The molecule has 0 saturated heterocycles. The van der Waals surface area contributed by atoms with Gasteiger partial charge in [-0.25, -0.2) is 4.79 Å². The lowest BCUT2D eigenvalue weighted by atomic mass is 10.3. The van der Waals surface area contributed by atoms with Gasteiger partial charge in [0.25, 0.3) is 0 Å². The van der Waals surface area contributed by atoms with Gasteiger partial charge in [0.15, 0.2) is 0 Å². The normalized spacial score (nSPS) is 9.83. The van der Waals surface area contributed by atoms with Crippen LogP contribution in [0.3, 0.4) is 0 Å². The minimum Gasteiger partial charge on any atom is -0.351 e. The molecule has 1 rings (SSSR count). The van der Waals surface area contributed by atoms with E-state index in [0.29, 0.717) is 11.4 Å². The van der Waals surface area contributed by atoms with Crippen LogP contribution in [0.5, 0.6) is 0 Å². The Morgan fingerprint density at radius 1 is 1.11 bits per heavy atom. The van der Waals surface area contributed by atoms with Gasteiger partial charge in [0.2, 0.25) is 5.91 Å². The van der Waals surface area contributed by atoms with Gasteiger partial charge in [-0.15, -0.1) is 0 Å².